The average Bonchev–Trinajstić information content (AvgIpc) is 1.97. The van der Waals surface area contributed by atoms with Crippen molar-refractivity contribution in [1.82, 2.24) is 5.32 Å². The summed E-state index contributed by atoms with van der Waals surface area (Å²) in [5.41, 5.74) is 1.39. The molecule has 0 aliphatic rings. The molecule has 66 valence electrons. The van der Waals surface area contributed by atoms with Crippen LogP contribution in [0.5, 0.6) is 0 Å². The number of unbranched alkanes of at least 4 members (excludes halogenated alkanes) is 1. The summed E-state index contributed by atoms with van der Waals surface area (Å²) in [5.74, 6) is 0. The Hall–Kier alpha value is -0.460. The van der Waals surface area contributed by atoms with Gasteiger partial charge in [-0.05, 0) is 33.6 Å². The molecule has 1 heteroatoms. The van der Waals surface area contributed by atoms with Crippen LogP contribution < -0.4 is 5.32 Å². The van der Waals surface area contributed by atoms with Gasteiger partial charge in [0.05, 0.1) is 0 Å². The molecule has 0 unspecified atom stereocenters. The summed E-state index contributed by atoms with van der Waals surface area (Å²) in [4.78, 5) is 0. The van der Waals surface area contributed by atoms with Gasteiger partial charge >= 0.3 is 0 Å². The predicted octanol–water partition coefficient (Wildman–Crippen LogP) is 3.08. The second-order valence-corrected chi connectivity index (χ2v) is 3.22. The van der Waals surface area contributed by atoms with Gasteiger partial charge in [-0.2, -0.15) is 0 Å². The minimum atomic E-state index is 0.568. The highest BCUT2D eigenvalue weighted by Crippen LogP contribution is 2.04. The molecule has 0 aliphatic heterocycles. The van der Waals surface area contributed by atoms with Gasteiger partial charge in [0.2, 0.25) is 0 Å². The van der Waals surface area contributed by atoms with E-state index in [-0.39, 0.29) is 0 Å². The van der Waals surface area contributed by atoms with E-state index in [0.29, 0.717) is 6.04 Å². The van der Waals surface area contributed by atoms with E-state index in [1.54, 1.807) is 0 Å². The third-order valence-corrected chi connectivity index (χ3v) is 1.62. The van der Waals surface area contributed by atoms with E-state index in [9.17, 15) is 0 Å². The molecular formula is C10H21N. The van der Waals surface area contributed by atoms with Crippen LogP contribution in [0.3, 0.4) is 0 Å². The Morgan fingerprint density at radius 1 is 1.45 bits per heavy atom. The topological polar surface area (TPSA) is 12.0 Å². The summed E-state index contributed by atoms with van der Waals surface area (Å²) >= 11 is 0. The monoisotopic (exact) mass is 155 g/mol. The van der Waals surface area contributed by atoms with E-state index >= 15 is 0 Å². The van der Waals surface area contributed by atoms with Crippen molar-refractivity contribution >= 4 is 0 Å². The lowest BCUT2D eigenvalue weighted by Gasteiger charge is -2.13. The Labute approximate surface area is 70.9 Å². The smallest absolute Gasteiger partial charge is 0.0201 e. The largest absolute Gasteiger partial charge is 0.386 e. The predicted molar refractivity (Wildman–Crippen MR) is 51.6 cm³/mol. The van der Waals surface area contributed by atoms with Gasteiger partial charge in [0, 0.05) is 11.7 Å². The van der Waals surface area contributed by atoms with Gasteiger partial charge in [-0.25, -0.2) is 0 Å². The number of hydrogen-bond acceptors (Lipinski definition) is 1. The van der Waals surface area contributed by atoms with Crippen LogP contribution in [0.1, 0.15) is 47.0 Å². The van der Waals surface area contributed by atoms with Gasteiger partial charge in [0.15, 0.2) is 0 Å². The standard InChI is InChI=1S/C10H21N/c1-5-7-8-10(6-2)11-9(3)4/h6,9,11H,5,7-8H2,1-4H3/b10-6-. The van der Waals surface area contributed by atoms with Gasteiger partial charge in [0.1, 0.15) is 0 Å². The summed E-state index contributed by atoms with van der Waals surface area (Å²) in [5, 5.41) is 3.43. The molecule has 0 saturated heterocycles. The zero-order valence-corrected chi connectivity index (χ0v) is 8.28. The van der Waals surface area contributed by atoms with Gasteiger partial charge < -0.3 is 5.32 Å². The molecule has 0 fully saturated rings. The first-order valence-electron chi connectivity index (χ1n) is 4.62. The fourth-order valence-electron chi connectivity index (χ4n) is 1.04. The van der Waals surface area contributed by atoms with Crippen molar-refractivity contribution in [3.8, 4) is 0 Å². The minimum Gasteiger partial charge on any atom is -0.386 e. The van der Waals surface area contributed by atoms with Crippen molar-refractivity contribution in [3.63, 3.8) is 0 Å². The maximum absolute atomic E-state index is 3.43. The van der Waals surface area contributed by atoms with E-state index in [2.05, 4.69) is 39.1 Å². The summed E-state index contributed by atoms with van der Waals surface area (Å²) in [6, 6.07) is 0.568. The third kappa shape index (κ3) is 5.96. The lowest BCUT2D eigenvalue weighted by Crippen LogP contribution is -2.21. The van der Waals surface area contributed by atoms with Crippen LogP contribution in [0.25, 0.3) is 0 Å². The molecule has 0 atom stereocenters. The third-order valence-electron chi connectivity index (χ3n) is 1.62. The van der Waals surface area contributed by atoms with Crippen molar-refractivity contribution in [3.05, 3.63) is 11.8 Å². The molecule has 0 aliphatic carbocycles. The maximum atomic E-state index is 3.43. The first-order valence-corrected chi connectivity index (χ1v) is 4.62. The van der Waals surface area contributed by atoms with Crippen molar-refractivity contribution in [2.24, 2.45) is 0 Å². The minimum absolute atomic E-state index is 0.568. The van der Waals surface area contributed by atoms with Crippen molar-refractivity contribution in [1.29, 1.82) is 0 Å². The molecule has 0 amide bonds. The van der Waals surface area contributed by atoms with E-state index in [4.69, 9.17) is 0 Å². The zero-order valence-electron chi connectivity index (χ0n) is 8.28. The maximum Gasteiger partial charge on any atom is 0.0201 e. The van der Waals surface area contributed by atoms with Crippen molar-refractivity contribution in [2.45, 2.75) is 53.0 Å². The van der Waals surface area contributed by atoms with Crippen LogP contribution in [-0.2, 0) is 0 Å². The molecule has 0 heterocycles. The number of rotatable bonds is 5. The molecule has 0 bridgehead atoms. The summed E-state index contributed by atoms with van der Waals surface area (Å²) in [6.07, 6.45) is 5.94. The van der Waals surface area contributed by atoms with Crippen LogP contribution in [-0.4, -0.2) is 6.04 Å². The Morgan fingerprint density at radius 2 is 2.09 bits per heavy atom. The van der Waals surface area contributed by atoms with E-state index in [0.717, 1.165) is 0 Å². The van der Waals surface area contributed by atoms with Crippen LogP contribution >= 0.6 is 0 Å². The van der Waals surface area contributed by atoms with Gasteiger partial charge in [0.25, 0.3) is 0 Å². The lowest BCUT2D eigenvalue weighted by atomic mass is 10.2. The highest BCUT2D eigenvalue weighted by molar-refractivity contribution is 4.98. The fraction of sp³-hybridized carbons (Fsp3) is 0.800. The van der Waals surface area contributed by atoms with Crippen LogP contribution in [0.15, 0.2) is 11.8 Å². The summed E-state index contributed by atoms with van der Waals surface area (Å²) in [6.45, 7) is 8.67. The lowest BCUT2D eigenvalue weighted by molar-refractivity contribution is 0.623. The van der Waals surface area contributed by atoms with E-state index in [1.807, 2.05) is 0 Å². The molecule has 1 N–H and O–H groups in total. The highest BCUT2D eigenvalue weighted by atomic mass is 14.9. The molecule has 0 radical (unpaired) electrons. The van der Waals surface area contributed by atoms with Crippen molar-refractivity contribution in [2.75, 3.05) is 0 Å². The summed E-state index contributed by atoms with van der Waals surface area (Å²) < 4.78 is 0. The molecule has 0 aromatic heterocycles. The quantitative estimate of drug-likeness (QED) is 0.643. The Kier molecular flexibility index (Phi) is 6.00. The van der Waals surface area contributed by atoms with Gasteiger partial charge in [-0.3, -0.25) is 0 Å². The van der Waals surface area contributed by atoms with Gasteiger partial charge in [-0.1, -0.05) is 19.4 Å². The molecule has 0 rings (SSSR count). The Bertz CT molecular complexity index is 114. The number of nitrogens with one attached hydrogen (secondary N) is 1. The van der Waals surface area contributed by atoms with Crippen molar-refractivity contribution < 1.29 is 0 Å². The van der Waals surface area contributed by atoms with Crippen LogP contribution in [0.4, 0.5) is 0 Å². The van der Waals surface area contributed by atoms with Gasteiger partial charge in [-0.15, -0.1) is 0 Å². The first-order chi connectivity index (χ1) is 5.20. The van der Waals surface area contributed by atoms with Crippen LogP contribution in [0, 0.1) is 0 Å². The highest BCUT2D eigenvalue weighted by Gasteiger charge is 1.96. The zero-order chi connectivity index (χ0) is 8.69. The SMILES string of the molecule is C/C=C(/CCCC)NC(C)C. The molecule has 0 aromatic rings. The molecule has 0 saturated carbocycles. The normalized spacial score (nSPS) is 12.3. The van der Waals surface area contributed by atoms with E-state index in [1.165, 1.54) is 25.0 Å². The second-order valence-electron chi connectivity index (χ2n) is 3.22. The fourth-order valence-corrected chi connectivity index (χ4v) is 1.04. The van der Waals surface area contributed by atoms with Crippen LogP contribution in [0.2, 0.25) is 0 Å². The Balaban J connectivity index is 3.60. The molecular weight excluding hydrogens is 134 g/mol. The average molecular weight is 155 g/mol. The first kappa shape index (κ1) is 10.5. The summed E-state index contributed by atoms with van der Waals surface area (Å²) in [7, 11) is 0. The van der Waals surface area contributed by atoms with E-state index < -0.39 is 0 Å². The molecule has 11 heavy (non-hydrogen) atoms. The number of allylic oxidation sites excluding steroid dienone is 2. The molecule has 0 spiro atoms. The molecule has 1 nitrogen and oxygen atoms in total. The molecule has 0 aromatic carbocycles. The Morgan fingerprint density at radius 3 is 2.45 bits per heavy atom. The second kappa shape index (κ2) is 6.26. The number of hydrogen-bond donors (Lipinski definition) is 1.